The fraction of sp³-hybridized carbons (Fsp3) is 0.250. The molecular formula is C28H27N5O3S. The molecule has 0 bridgehead atoms. The van der Waals surface area contributed by atoms with Gasteiger partial charge in [0.2, 0.25) is 10.0 Å². The molecule has 0 amide bonds. The smallest absolute Gasteiger partial charge is 0.252 e. The van der Waals surface area contributed by atoms with Gasteiger partial charge in [-0.25, -0.2) is 18.1 Å². The van der Waals surface area contributed by atoms with Crippen molar-refractivity contribution in [2.24, 2.45) is 13.0 Å². The lowest BCUT2D eigenvalue weighted by Crippen LogP contribution is -2.25. The van der Waals surface area contributed by atoms with Crippen LogP contribution in [0, 0.1) is 17.2 Å². The molecule has 0 unspecified atom stereocenters. The number of nitrogens with zero attached hydrogens (tertiary/aromatic N) is 4. The van der Waals surface area contributed by atoms with Crippen LogP contribution in [0.25, 0.3) is 22.2 Å². The zero-order chi connectivity index (χ0) is 26.2. The Balaban J connectivity index is 1.59. The molecule has 1 saturated carbocycles. The van der Waals surface area contributed by atoms with Crippen molar-refractivity contribution in [2.75, 3.05) is 17.7 Å². The van der Waals surface area contributed by atoms with E-state index in [-0.39, 0.29) is 12.1 Å². The summed E-state index contributed by atoms with van der Waals surface area (Å²) in [4.78, 5) is 19.6. The van der Waals surface area contributed by atoms with Gasteiger partial charge in [0.05, 0.1) is 17.5 Å². The van der Waals surface area contributed by atoms with E-state index in [0.29, 0.717) is 28.3 Å². The standard InChI is InChI=1S/C28H27N5O3S/c1-32-25-12-11-23(16-29)31-28(25)26(15-27(32)34)33(18-19-9-10-19)24-8-4-7-22(14-24)21-6-3-5-20(13-21)17-30-37(2,35)36/h3-8,11-15,19,30H,9-10,17-18H2,1-2H3. The van der Waals surface area contributed by atoms with Gasteiger partial charge >= 0.3 is 0 Å². The molecule has 2 aromatic carbocycles. The van der Waals surface area contributed by atoms with E-state index in [9.17, 15) is 18.5 Å². The third-order valence-corrected chi connectivity index (χ3v) is 7.24. The number of nitriles is 1. The van der Waals surface area contributed by atoms with Crippen molar-refractivity contribution in [1.29, 1.82) is 5.26 Å². The van der Waals surface area contributed by atoms with E-state index in [0.717, 1.165) is 48.0 Å². The van der Waals surface area contributed by atoms with Crippen LogP contribution in [-0.2, 0) is 23.6 Å². The van der Waals surface area contributed by atoms with Gasteiger partial charge in [0, 0.05) is 31.9 Å². The SMILES string of the molecule is Cn1c(=O)cc(N(CC2CC2)c2cccc(-c3cccc(CNS(C)(=O)=O)c3)c2)c2nc(C#N)ccc21. The van der Waals surface area contributed by atoms with Crippen LogP contribution in [0.15, 0.2) is 71.5 Å². The number of aryl methyl sites for hydroxylation is 1. The number of anilines is 2. The quantitative estimate of drug-likeness (QED) is 0.381. The summed E-state index contributed by atoms with van der Waals surface area (Å²) in [6, 6.07) is 22.9. The molecule has 9 heteroatoms. The molecule has 2 aromatic heterocycles. The van der Waals surface area contributed by atoms with E-state index >= 15 is 0 Å². The molecule has 8 nitrogen and oxygen atoms in total. The Hall–Kier alpha value is -4.00. The van der Waals surface area contributed by atoms with Gasteiger partial charge in [-0.1, -0.05) is 30.3 Å². The highest BCUT2D eigenvalue weighted by Crippen LogP contribution is 2.38. The number of aromatic nitrogens is 2. The normalized spacial score (nSPS) is 13.4. The molecule has 0 saturated heterocycles. The van der Waals surface area contributed by atoms with Gasteiger partial charge in [-0.15, -0.1) is 0 Å². The third-order valence-electron chi connectivity index (χ3n) is 6.57. The topological polar surface area (TPSA) is 108 Å². The summed E-state index contributed by atoms with van der Waals surface area (Å²) in [6.45, 7) is 0.953. The highest BCUT2D eigenvalue weighted by atomic mass is 32.2. The molecule has 0 radical (unpaired) electrons. The minimum atomic E-state index is -3.29. The molecule has 1 fully saturated rings. The van der Waals surface area contributed by atoms with E-state index in [4.69, 9.17) is 0 Å². The summed E-state index contributed by atoms with van der Waals surface area (Å²) >= 11 is 0. The first kappa shape index (κ1) is 24.7. The first-order valence-corrected chi connectivity index (χ1v) is 13.9. The first-order chi connectivity index (χ1) is 17.7. The molecule has 1 aliphatic rings. The number of hydrogen-bond donors (Lipinski definition) is 1. The van der Waals surface area contributed by atoms with Crippen LogP contribution >= 0.6 is 0 Å². The summed E-state index contributed by atoms with van der Waals surface area (Å²) in [5.41, 5.74) is 5.83. The minimum Gasteiger partial charge on any atom is -0.339 e. The fourth-order valence-electron chi connectivity index (χ4n) is 4.41. The molecule has 0 atom stereocenters. The maximum absolute atomic E-state index is 12.9. The Morgan fingerprint density at radius 3 is 2.51 bits per heavy atom. The Morgan fingerprint density at radius 2 is 1.81 bits per heavy atom. The van der Waals surface area contributed by atoms with E-state index in [2.05, 4.69) is 26.7 Å². The number of sulfonamides is 1. The number of hydrogen-bond acceptors (Lipinski definition) is 6. The summed E-state index contributed by atoms with van der Waals surface area (Å²) < 4.78 is 27.1. The Bertz CT molecular complexity index is 1700. The molecule has 2 heterocycles. The monoisotopic (exact) mass is 513 g/mol. The highest BCUT2D eigenvalue weighted by molar-refractivity contribution is 7.88. The number of rotatable bonds is 8. The second-order valence-corrected chi connectivity index (χ2v) is 11.3. The largest absolute Gasteiger partial charge is 0.339 e. The van der Waals surface area contributed by atoms with Crippen molar-refractivity contribution in [1.82, 2.24) is 14.3 Å². The van der Waals surface area contributed by atoms with E-state index in [1.807, 2.05) is 42.5 Å². The molecule has 1 aliphatic carbocycles. The molecule has 37 heavy (non-hydrogen) atoms. The van der Waals surface area contributed by atoms with Crippen LogP contribution in [0.4, 0.5) is 11.4 Å². The highest BCUT2D eigenvalue weighted by Gasteiger charge is 2.27. The average Bonchev–Trinajstić information content (AvgIpc) is 3.72. The van der Waals surface area contributed by atoms with Gasteiger partial charge in [-0.3, -0.25) is 4.79 Å². The molecule has 188 valence electrons. The second-order valence-electron chi connectivity index (χ2n) is 9.50. The zero-order valence-electron chi connectivity index (χ0n) is 20.7. The minimum absolute atomic E-state index is 0.142. The van der Waals surface area contributed by atoms with Crippen molar-refractivity contribution in [3.05, 3.63) is 88.3 Å². The van der Waals surface area contributed by atoms with Gasteiger partial charge in [0.15, 0.2) is 0 Å². The lowest BCUT2D eigenvalue weighted by atomic mass is 10.0. The third kappa shape index (κ3) is 5.56. The van der Waals surface area contributed by atoms with E-state index < -0.39 is 10.0 Å². The van der Waals surface area contributed by atoms with Crippen molar-refractivity contribution in [2.45, 2.75) is 19.4 Å². The van der Waals surface area contributed by atoms with Crippen LogP contribution < -0.4 is 15.2 Å². The van der Waals surface area contributed by atoms with Crippen LogP contribution in [0.3, 0.4) is 0 Å². The van der Waals surface area contributed by atoms with Gasteiger partial charge in [0.1, 0.15) is 17.3 Å². The van der Waals surface area contributed by atoms with Gasteiger partial charge in [-0.2, -0.15) is 5.26 Å². The fourth-order valence-corrected chi connectivity index (χ4v) is 4.84. The molecular weight excluding hydrogens is 486 g/mol. The predicted molar refractivity (Wildman–Crippen MR) is 145 cm³/mol. The molecule has 1 N–H and O–H groups in total. The summed E-state index contributed by atoms with van der Waals surface area (Å²) in [7, 11) is -1.59. The van der Waals surface area contributed by atoms with Crippen LogP contribution in [0.2, 0.25) is 0 Å². The van der Waals surface area contributed by atoms with Gasteiger partial charge in [-0.05, 0) is 65.8 Å². The lowest BCUT2D eigenvalue weighted by molar-refractivity contribution is 0.587. The summed E-state index contributed by atoms with van der Waals surface area (Å²) in [5.74, 6) is 0.521. The van der Waals surface area contributed by atoms with E-state index in [1.54, 1.807) is 29.8 Å². The van der Waals surface area contributed by atoms with Crippen molar-refractivity contribution >= 4 is 32.4 Å². The molecule has 5 rings (SSSR count). The molecule has 0 spiro atoms. The Labute approximate surface area is 215 Å². The molecule has 4 aromatic rings. The maximum atomic E-state index is 12.9. The van der Waals surface area contributed by atoms with Gasteiger partial charge in [0.25, 0.3) is 5.56 Å². The van der Waals surface area contributed by atoms with Crippen molar-refractivity contribution in [3.63, 3.8) is 0 Å². The average molecular weight is 514 g/mol. The Morgan fingerprint density at radius 1 is 1.08 bits per heavy atom. The Kier molecular flexibility index (Phi) is 6.54. The number of nitrogens with one attached hydrogen (secondary N) is 1. The predicted octanol–water partition coefficient (Wildman–Crippen LogP) is 4.07. The molecule has 0 aliphatic heterocycles. The van der Waals surface area contributed by atoms with E-state index in [1.165, 1.54) is 0 Å². The number of benzene rings is 2. The van der Waals surface area contributed by atoms with Crippen LogP contribution in [0.5, 0.6) is 0 Å². The number of fused-ring (bicyclic) bond motifs is 1. The van der Waals surface area contributed by atoms with Crippen molar-refractivity contribution < 1.29 is 8.42 Å². The lowest BCUT2D eigenvalue weighted by Gasteiger charge is -2.27. The van der Waals surface area contributed by atoms with Crippen molar-refractivity contribution in [3.8, 4) is 17.2 Å². The zero-order valence-corrected chi connectivity index (χ0v) is 21.5. The number of pyridine rings is 2. The summed E-state index contributed by atoms with van der Waals surface area (Å²) in [6.07, 6.45) is 3.40. The first-order valence-electron chi connectivity index (χ1n) is 12.0. The second kappa shape index (κ2) is 9.81. The maximum Gasteiger partial charge on any atom is 0.252 e. The van der Waals surface area contributed by atoms with Gasteiger partial charge < -0.3 is 9.47 Å². The summed E-state index contributed by atoms with van der Waals surface area (Å²) in [5, 5.41) is 9.46. The van der Waals surface area contributed by atoms with Crippen LogP contribution in [0.1, 0.15) is 24.1 Å². The van der Waals surface area contributed by atoms with Crippen LogP contribution in [-0.4, -0.2) is 30.8 Å².